The Bertz CT molecular complexity index is 1260. The van der Waals surface area contributed by atoms with Gasteiger partial charge in [-0.3, -0.25) is 0 Å². The SMILES string of the molecule is C=C(O)CCCN1CCCCC1.CCc1ccc(-c2c(-c3ccccc3)oc3ncnc(C)c23)cc1. The molecule has 4 aromatic rings. The van der Waals surface area contributed by atoms with Crippen molar-refractivity contribution in [1.29, 1.82) is 0 Å². The number of aromatic nitrogens is 2. The molecule has 0 radical (unpaired) electrons. The highest BCUT2D eigenvalue weighted by molar-refractivity contribution is 6.01. The first kappa shape index (κ1) is 25.6. The predicted molar refractivity (Wildman–Crippen MR) is 148 cm³/mol. The van der Waals surface area contributed by atoms with Crippen molar-refractivity contribution in [2.24, 2.45) is 0 Å². The van der Waals surface area contributed by atoms with Crippen molar-refractivity contribution in [1.82, 2.24) is 14.9 Å². The second-order valence-corrected chi connectivity index (χ2v) is 9.43. The van der Waals surface area contributed by atoms with Gasteiger partial charge < -0.3 is 14.4 Å². The van der Waals surface area contributed by atoms with E-state index in [-0.39, 0.29) is 0 Å². The lowest BCUT2D eigenvalue weighted by Gasteiger charge is -2.26. The molecule has 0 unspecified atom stereocenters. The van der Waals surface area contributed by atoms with Gasteiger partial charge in [-0.25, -0.2) is 9.97 Å². The van der Waals surface area contributed by atoms with Crippen LogP contribution in [0.15, 0.2) is 77.7 Å². The van der Waals surface area contributed by atoms with Crippen LogP contribution in [0.1, 0.15) is 50.3 Å². The number of fused-ring (bicyclic) bond motifs is 1. The van der Waals surface area contributed by atoms with Crippen LogP contribution in [0.3, 0.4) is 0 Å². The van der Waals surface area contributed by atoms with Gasteiger partial charge in [-0.1, -0.05) is 74.5 Å². The molecule has 1 fully saturated rings. The van der Waals surface area contributed by atoms with Gasteiger partial charge in [0.15, 0.2) is 0 Å². The maximum Gasteiger partial charge on any atom is 0.230 e. The quantitative estimate of drug-likeness (QED) is 0.272. The van der Waals surface area contributed by atoms with Gasteiger partial charge in [0.25, 0.3) is 0 Å². The Balaban J connectivity index is 0.000000214. The molecule has 0 bridgehead atoms. The molecule has 5 rings (SSSR count). The molecular formula is C31H37N3O2. The Labute approximate surface area is 214 Å². The summed E-state index contributed by atoms with van der Waals surface area (Å²) >= 11 is 0. The van der Waals surface area contributed by atoms with E-state index in [9.17, 15) is 0 Å². The van der Waals surface area contributed by atoms with Crippen molar-refractivity contribution >= 4 is 11.1 Å². The van der Waals surface area contributed by atoms with Crippen LogP contribution in [0, 0.1) is 6.92 Å². The van der Waals surface area contributed by atoms with Crippen LogP contribution in [0.5, 0.6) is 0 Å². The zero-order chi connectivity index (χ0) is 25.3. The van der Waals surface area contributed by atoms with E-state index in [0.29, 0.717) is 11.5 Å². The van der Waals surface area contributed by atoms with Crippen LogP contribution in [0.25, 0.3) is 33.6 Å². The monoisotopic (exact) mass is 483 g/mol. The number of rotatable bonds is 7. The average Bonchev–Trinajstić information content (AvgIpc) is 3.31. The molecule has 0 amide bonds. The summed E-state index contributed by atoms with van der Waals surface area (Å²) in [4.78, 5) is 11.2. The number of benzene rings is 2. The van der Waals surface area contributed by atoms with E-state index in [1.54, 1.807) is 6.33 Å². The van der Waals surface area contributed by atoms with E-state index < -0.39 is 0 Å². The van der Waals surface area contributed by atoms with Crippen LogP contribution in [-0.4, -0.2) is 39.6 Å². The lowest BCUT2D eigenvalue weighted by Crippen LogP contribution is -2.30. The maximum atomic E-state index is 8.87. The van der Waals surface area contributed by atoms with E-state index in [0.717, 1.165) is 59.3 Å². The van der Waals surface area contributed by atoms with Crippen molar-refractivity contribution in [2.75, 3.05) is 19.6 Å². The first-order valence-corrected chi connectivity index (χ1v) is 13.0. The molecular weight excluding hydrogens is 446 g/mol. The number of aryl methyl sites for hydroxylation is 2. The van der Waals surface area contributed by atoms with Gasteiger partial charge in [-0.2, -0.15) is 0 Å². The normalized spacial score (nSPS) is 13.8. The third kappa shape index (κ3) is 6.41. The van der Waals surface area contributed by atoms with E-state index in [1.165, 1.54) is 37.9 Å². The van der Waals surface area contributed by atoms with Crippen LogP contribution < -0.4 is 0 Å². The second-order valence-electron chi connectivity index (χ2n) is 9.43. The molecule has 3 heterocycles. The van der Waals surface area contributed by atoms with Crippen molar-refractivity contribution in [3.63, 3.8) is 0 Å². The predicted octanol–water partition coefficient (Wildman–Crippen LogP) is 7.75. The first-order valence-electron chi connectivity index (χ1n) is 13.0. The summed E-state index contributed by atoms with van der Waals surface area (Å²) in [6, 6.07) is 18.8. The topological polar surface area (TPSA) is 62.4 Å². The summed E-state index contributed by atoms with van der Waals surface area (Å²) in [5.41, 5.74) is 6.13. The zero-order valence-corrected chi connectivity index (χ0v) is 21.5. The van der Waals surface area contributed by atoms with Gasteiger partial charge in [0.2, 0.25) is 5.71 Å². The fourth-order valence-electron chi connectivity index (χ4n) is 4.74. The molecule has 1 saturated heterocycles. The molecule has 1 N–H and O–H groups in total. The van der Waals surface area contributed by atoms with Crippen molar-refractivity contribution < 1.29 is 9.52 Å². The Kier molecular flexibility index (Phi) is 8.90. The number of furan rings is 1. The molecule has 5 nitrogen and oxygen atoms in total. The molecule has 2 aromatic heterocycles. The Hall–Kier alpha value is -3.44. The molecule has 5 heteroatoms. The van der Waals surface area contributed by atoms with Crippen LogP contribution in [-0.2, 0) is 6.42 Å². The van der Waals surface area contributed by atoms with E-state index >= 15 is 0 Å². The number of allylic oxidation sites excluding steroid dienone is 1. The lowest BCUT2D eigenvalue weighted by atomic mass is 9.97. The number of piperidine rings is 1. The minimum atomic E-state index is 0.326. The van der Waals surface area contributed by atoms with Crippen LogP contribution in [0.4, 0.5) is 0 Å². The third-order valence-corrected chi connectivity index (χ3v) is 6.75. The smallest absolute Gasteiger partial charge is 0.230 e. The minimum Gasteiger partial charge on any atom is -0.513 e. The number of aliphatic hydroxyl groups is 1. The molecule has 0 aliphatic carbocycles. The fraction of sp³-hybridized carbons (Fsp3) is 0.355. The standard InChI is InChI=1S/C21H18N2O.C10H19NO/c1-3-15-9-11-16(12-10-15)19-18-14(2)22-13-23-21(18)24-20(19)17-7-5-4-6-8-17;1-10(12)6-5-9-11-7-3-2-4-8-11/h4-13H,3H2,1-2H3;12H,1-9H2. The van der Waals surface area contributed by atoms with Crippen molar-refractivity contribution in [3.8, 4) is 22.5 Å². The molecule has 0 atom stereocenters. The minimum absolute atomic E-state index is 0.326. The summed E-state index contributed by atoms with van der Waals surface area (Å²) < 4.78 is 6.13. The molecule has 0 saturated carbocycles. The number of likely N-dealkylation sites (tertiary alicyclic amines) is 1. The molecule has 36 heavy (non-hydrogen) atoms. The summed E-state index contributed by atoms with van der Waals surface area (Å²) in [5.74, 6) is 1.17. The molecule has 1 aliphatic rings. The fourth-order valence-corrected chi connectivity index (χ4v) is 4.74. The summed E-state index contributed by atoms with van der Waals surface area (Å²) in [5, 5.41) is 9.86. The van der Waals surface area contributed by atoms with Gasteiger partial charge in [0, 0.05) is 17.5 Å². The van der Waals surface area contributed by atoms with E-state index in [1.807, 2.05) is 25.1 Å². The Morgan fingerprint density at radius 2 is 1.69 bits per heavy atom. The third-order valence-electron chi connectivity index (χ3n) is 6.75. The Morgan fingerprint density at radius 3 is 2.36 bits per heavy atom. The van der Waals surface area contributed by atoms with Crippen molar-refractivity contribution in [2.45, 2.75) is 52.4 Å². The van der Waals surface area contributed by atoms with Crippen LogP contribution >= 0.6 is 0 Å². The number of hydrogen-bond donors (Lipinski definition) is 1. The van der Waals surface area contributed by atoms with Gasteiger partial charge in [-0.15, -0.1) is 0 Å². The second kappa shape index (κ2) is 12.5. The zero-order valence-electron chi connectivity index (χ0n) is 21.5. The molecule has 188 valence electrons. The van der Waals surface area contributed by atoms with Gasteiger partial charge in [0.05, 0.1) is 16.8 Å². The van der Waals surface area contributed by atoms with E-state index in [4.69, 9.17) is 9.52 Å². The number of hydrogen-bond acceptors (Lipinski definition) is 5. The maximum absolute atomic E-state index is 8.87. The number of nitrogens with zero attached hydrogens (tertiary/aromatic N) is 3. The highest BCUT2D eigenvalue weighted by Gasteiger charge is 2.20. The summed E-state index contributed by atoms with van der Waals surface area (Å²) in [6.45, 7) is 11.3. The average molecular weight is 484 g/mol. The summed E-state index contributed by atoms with van der Waals surface area (Å²) in [6.07, 6.45) is 8.48. The first-order chi connectivity index (χ1) is 17.6. The molecule has 2 aromatic carbocycles. The van der Waals surface area contributed by atoms with Crippen LogP contribution in [0.2, 0.25) is 0 Å². The van der Waals surface area contributed by atoms with E-state index in [2.05, 4.69) is 64.8 Å². The van der Waals surface area contributed by atoms with Gasteiger partial charge in [0.1, 0.15) is 12.1 Å². The largest absolute Gasteiger partial charge is 0.513 e. The molecule has 1 aliphatic heterocycles. The lowest BCUT2D eigenvalue weighted by molar-refractivity contribution is 0.223. The van der Waals surface area contributed by atoms with Gasteiger partial charge >= 0.3 is 0 Å². The molecule has 0 spiro atoms. The van der Waals surface area contributed by atoms with Gasteiger partial charge in [-0.05, 0) is 63.4 Å². The van der Waals surface area contributed by atoms with Crippen molar-refractivity contribution in [3.05, 3.63) is 84.5 Å². The highest BCUT2D eigenvalue weighted by atomic mass is 16.3. The highest BCUT2D eigenvalue weighted by Crippen LogP contribution is 2.41. The Morgan fingerprint density at radius 1 is 0.972 bits per heavy atom. The summed E-state index contributed by atoms with van der Waals surface area (Å²) in [7, 11) is 0. The number of aliphatic hydroxyl groups excluding tert-OH is 1.